The van der Waals surface area contributed by atoms with E-state index in [1.807, 2.05) is 6.92 Å². The summed E-state index contributed by atoms with van der Waals surface area (Å²) in [5, 5.41) is 0. The lowest BCUT2D eigenvalue weighted by Gasteiger charge is -2.22. The van der Waals surface area contributed by atoms with Gasteiger partial charge in [0.15, 0.2) is 0 Å². The van der Waals surface area contributed by atoms with Crippen LogP contribution in [0.25, 0.3) is 0 Å². The van der Waals surface area contributed by atoms with Gasteiger partial charge in [0.05, 0.1) is 6.54 Å². The number of hydrogen-bond donors (Lipinski definition) is 1. The molecule has 0 aliphatic heterocycles. The van der Waals surface area contributed by atoms with E-state index >= 15 is 0 Å². The zero-order chi connectivity index (χ0) is 12.6. The number of nitrogens with zero attached hydrogens (tertiary/aromatic N) is 2. The number of likely N-dealkylation sites (N-methyl/N-ethyl adjacent to an activating group) is 2. The van der Waals surface area contributed by atoms with Gasteiger partial charge in [-0.3, -0.25) is 9.59 Å². The molecule has 16 heavy (non-hydrogen) atoms. The van der Waals surface area contributed by atoms with Crippen LogP contribution in [-0.4, -0.2) is 55.3 Å². The number of carbonyl (C=O) groups is 2. The van der Waals surface area contributed by atoms with Gasteiger partial charge in [-0.25, -0.2) is 0 Å². The van der Waals surface area contributed by atoms with E-state index in [4.69, 9.17) is 5.73 Å². The van der Waals surface area contributed by atoms with Crippen molar-refractivity contribution in [3.8, 4) is 0 Å². The largest absolute Gasteiger partial charge is 0.347 e. The van der Waals surface area contributed by atoms with E-state index in [-0.39, 0.29) is 18.4 Å². The first-order chi connectivity index (χ1) is 7.52. The quantitative estimate of drug-likeness (QED) is 0.627. The molecule has 0 aliphatic rings. The average Bonchev–Trinajstić information content (AvgIpc) is 2.25. The Bertz CT molecular complexity index is 229. The normalized spacial score (nSPS) is 10.0. The highest BCUT2D eigenvalue weighted by molar-refractivity contribution is 5.84. The van der Waals surface area contributed by atoms with Crippen molar-refractivity contribution in [3.63, 3.8) is 0 Å². The molecular weight excluding hydrogens is 206 g/mol. The van der Waals surface area contributed by atoms with Gasteiger partial charge in [0.1, 0.15) is 0 Å². The second-order valence-electron chi connectivity index (χ2n) is 3.94. The highest BCUT2D eigenvalue weighted by atomic mass is 16.2. The maximum Gasteiger partial charge on any atom is 0.241 e. The Labute approximate surface area is 97.6 Å². The molecule has 0 atom stereocenters. The molecule has 0 aromatic carbocycles. The first kappa shape index (κ1) is 14.9. The van der Waals surface area contributed by atoms with E-state index in [2.05, 4.69) is 0 Å². The fourth-order valence-corrected chi connectivity index (χ4v) is 1.26. The monoisotopic (exact) mass is 229 g/mol. The Morgan fingerprint density at radius 1 is 1.12 bits per heavy atom. The minimum atomic E-state index is -0.0472. The Morgan fingerprint density at radius 2 is 1.75 bits per heavy atom. The Balaban J connectivity index is 4.06. The van der Waals surface area contributed by atoms with E-state index in [9.17, 15) is 9.59 Å². The van der Waals surface area contributed by atoms with Gasteiger partial charge in [-0.15, -0.1) is 0 Å². The summed E-state index contributed by atoms with van der Waals surface area (Å²) in [6, 6.07) is 0. The third-order valence-electron chi connectivity index (χ3n) is 2.40. The molecule has 0 saturated carbocycles. The summed E-state index contributed by atoms with van der Waals surface area (Å²) in [5.41, 5.74) is 5.36. The third-order valence-corrected chi connectivity index (χ3v) is 2.40. The molecule has 2 amide bonds. The highest BCUT2D eigenvalue weighted by Crippen LogP contribution is 2.01. The minimum absolute atomic E-state index is 0.0335. The van der Waals surface area contributed by atoms with Gasteiger partial charge in [0.25, 0.3) is 0 Å². The van der Waals surface area contributed by atoms with Crippen LogP contribution < -0.4 is 5.73 Å². The topological polar surface area (TPSA) is 66.6 Å². The number of rotatable bonds is 7. The number of hydrogen-bond acceptors (Lipinski definition) is 3. The molecule has 0 aromatic heterocycles. The van der Waals surface area contributed by atoms with Gasteiger partial charge >= 0.3 is 0 Å². The molecule has 0 aromatic rings. The second kappa shape index (κ2) is 8.10. The van der Waals surface area contributed by atoms with E-state index in [1.165, 1.54) is 4.90 Å². The zero-order valence-corrected chi connectivity index (χ0v) is 10.5. The van der Waals surface area contributed by atoms with Crippen molar-refractivity contribution >= 4 is 11.8 Å². The molecule has 5 heteroatoms. The van der Waals surface area contributed by atoms with E-state index in [1.54, 1.807) is 19.0 Å². The first-order valence-corrected chi connectivity index (χ1v) is 5.70. The fraction of sp³-hybridized carbons (Fsp3) is 0.818. The van der Waals surface area contributed by atoms with Crippen LogP contribution in [0.1, 0.15) is 26.2 Å². The lowest BCUT2D eigenvalue weighted by atomic mass is 10.2. The molecule has 0 heterocycles. The van der Waals surface area contributed by atoms with Crippen LogP contribution >= 0.6 is 0 Å². The van der Waals surface area contributed by atoms with E-state index < -0.39 is 0 Å². The number of nitrogens with two attached hydrogens (primary N) is 1. The van der Waals surface area contributed by atoms with Crippen LogP contribution in [0.3, 0.4) is 0 Å². The van der Waals surface area contributed by atoms with Gasteiger partial charge in [-0.05, 0) is 26.3 Å². The summed E-state index contributed by atoms with van der Waals surface area (Å²) < 4.78 is 0. The predicted octanol–water partition coefficient (Wildman–Crippen LogP) is 0.0521. The lowest BCUT2D eigenvalue weighted by Crippen LogP contribution is -2.40. The van der Waals surface area contributed by atoms with Gasteiger partial charge in [0, 0.05) is 27.1 Å². The molecule has 0 rings (SSSR count). The Hall–Kier alpha value is -1.10. The van der Waals surface area contributed by atoms with Gasteiger partial charge in [0.2, 0.25) is 11.8 Å². The lowest BCUT2D eigenvalue weighted by molar-refractivity contribution is -0.139. The van der Waals surface area contributed by atoms with Crippen LogP contribution in [-0.2, 0) is 9.59 Å². The van der Waals surface area contributed by atoms with Crippen molar-refractivity contribution < 1.29 is 9.59 Å². The number of unbranched alkanes of at least 4 members (excludes halogenated alkanes) is 1. The van der Waals surface area contributed by atoms with Crippen LogP contribution in [0, 0.1) is 0 Å². The predicted molar refractivity (Wildman–Crippen MR) is 63.9 cm³/mol. The van der Waals surface area contributed by atoms with Crippen molar-refractivity contribution in [2.45, 2.75) is 26.2 Å². The molecule has 94 valence electrons. The maximum atomic E-state index is 11.7. The maximum absolute atomic E-state index is 11.7. The van der Waals surface area contributed by atoms with Gasteiger partial charge in [-0.2, -0.15) is 0 Å². The first-order valence-electron chi connectivity index (χ1n) is 5.70. The molecule has 5 nitrogen and oxygen atoms in total. The molecule has 0 radical (unpaired) electrons. The van der Waals surface area contributed by atoms with Crippen molar-refractivity contribution in [1.29, 1.82) is 0 Å². The molecule has 0 unspecified atom stereocenters. The Kier molecular flexibility index (Phi) is 7.54. The fourth-order valence-electron chi connectivity index (χ4n) is 1.26. The standard InChI is InChI=1S/C11H23N3O2/c1-4-14(9-11(16)13(2)3)10(15)7-5-6-8-12/h4-9,12H2,1-3H3. The van der Waals surface area contributed by atoms with Crippen molar-refractivity contribution in [2.24, 2.45) is 5.73 Å². The van der Waals surface area contributed by atoms with Gasteiger partial charge in [-0.1, -0.05) is 0 Å². The van der Waals surface area contributed by atoms with E-state index in [0.717, 1.165) is 12.8 Å². The molecule has 0 spiro atoms. The Morgan fingerprint density at radius 3 is 2.19 bits per heavy atom. The van der Waals surface area contributed by atoms with Crippen molar-refractivity contribution in [1.82, 2.24) is 9.80 Å². The smallest absolute Gasteiger partial charge is 0.241 e. The molecule has 0 saturated heterocycles. The highest BCUT2D eigenvalue weighted by Gasteiger charge is 2.15. The summed E-state index contributed by atoms with van der Waals surface area (Å²) in [7, 11) is 3.38. The van der Waals surface area contributed by atoms with E-state index in [0.29, 0.717) is 19.5 Å². The summed E-state index contributed by atoms with van der Waals surface area (Å²) in [4.78, 5) is 26.3. The second-order valence-corrected chi connectivity index (χ2v) is 3.94. The molecule has 0 aliphatic carbocycles. The number of amides is 2. The summed E-state index contributed by atoms with van der Waals surface area (Å²) in [5.74, 6) is -0.0137. The SMILES string of the molecule is CCN(CC(=O)N(C)C)C(=O)CCCCN. The van der Waals surface area contributed by atoms with Gasteiger partial charge < -0.3 is 15.5 Å². The zero-order valence-electron chi connectivity index (χ0n) is 10.5. The summed E-state index contributed by atoms with van der Waals surface area (Å²) in [6.45, 7) is 3.23. The molecule has 0 fully saturated rings. The van der Waals surface area contributed by atoms with Crippen molar-refractivity contribution in [3.05, 3.63) is 0 Å². The molecular formula is C11H23N3O2. The van der Waals surface area contributed by atoms with Crippen LogP contribution in [0.4, 0.5) is 0 Å². The number of carbonyl (C=O) groups excluding carboxylic acids is 2. The van der Waals surface area contributed by atoms with Crippen LogP contribution in [0.5, 0.6) is 0 Å². The molecule has 2 N–H and O–H groups in total. The minimum Gasteiger partial charge on any atom is -0.347 e. The average molecular weight is 229 g/mol. The third kappa shape index (κ3) is 5.70. The van der Waals surface area contributed by atoms with Crippen LogP contribution in [0.15, 0.2) is 0 Å². The molecule has 0 bridgehead atoms. The summed E-state index contributed by atoms with van der Waals surface area (Å²) >= 11 is 0. The van der Waals surface area contributed by atoms with Crippen LogP contribution in [0.2, 0.25) is 0 Å². The van der Waals surface area contributed by atoms with Crippen molar-refractivity contribution in [2.75, 3.05) is 33.7 Å². The summed E-state index contributed by atoms with van der Waals surface area (Å²) in [6.07, 6.45) is 2.12.